The summed E-state index contributed by atoms with van der Waals surface area (Å²) in [5, 5.41) is 0. The third kappa shape index (κ3) is 3.01. The molecular weight excluding hydrogens is 257 g/mol. The lowest BCUT2D eigenvalue weighted by Gasteiger charge is -2.37. The Morgan fingerprint density at radius 1 is 1.30 bits per heavy atom. The van der Waals surface area contributed by atoms with E-state index in [1.807, 2.05) is 4.90 Å². The van der Waals surface area contributed by atoms with E-state index in [2.05, 4.69) is 0 Å². The molecule has 1 aliphatic heterocycles. The summed E-state index contributed by atoms with van der Waals surface area (Å²) >= 11 is 0. The van der Waals surface area contributed by atoms with Gasteiger partial charge in [-0.1, -0.05) is 18.6 Å². The maximum atomic E-state index is 12.9. The number of halogens is 1. The van der Waals surface area contributed by atoms with Crippen molar-refractivity contribution in [2.45, 2.75) is 31.8 Å². The summed E-state index contributed by atoms with van der Waals surface area (Å²) in [6, 6.07) is 6.50. The van der Waals surface area contributed by atoms with E-state index >= 15 is 0 Å². The Kier molecular flexibility index (Phi) is 4.01. The van der Waals surface area contributed by atoms with Crippen LogP contribution in [0.4, 0.5) is 4.39 Å². The zero-order chi connectivity index (χ0) is 13.9. The molecule has 108 valence electrons. The molecule has 1 aromatic rings. The lowest BCUT2D eigenvalue weighted by atomic mass is 9.84. The van der Waals surface area contributed by atoms with Gasteiger partial charge in [-0.25, -0.2) is 4.39 Å². The van der Waals surface area contributed by atoms with Crippen LogP contribution in [0.2, 0.25) is 0 Å². The van der Waals surface area contributed by atoms with Gasteiger partial charge in [-0.15, -0.1) is 0 Å². The summed E-state index contributed by atoms with van der Waals surface area (Å²) in [6.07, 6.45) is 4.02. The van der Waals surface area contributed by atoms with E-state index in [9.17, 15) is 9.18 Å². The van der Waals surface area contributed by atoms with Gasteiger partial charge in [-0.05, 0) is 30.5 Å². The molecule has 1 aliphatic carbocycles. The van der Waals surface area contributed by atoms with Crippen LogP contribution < -0.4 is 0 Å². The number of amides is 1. The number of morpholine rings is 1. The van der Waals surface area contributed by atoms with Gasteiger partial charge in [-0.3, -0.25) is 4.79 Å². The van der Waals surface area contributed by atoms with Crippen molar-refractivity contribution >= 4 is 5.91 Å². The Bertz CT molecular complexity index is 470. The number of hydrogen-bond acceptors (Lipinski definition) is 2. The standard InChI is InChI=1S/C16H20FNO2/c17-14-6-4-12(5-7-14)10-15-11-18(8-9-20-15)16(19)13-2-1-3-13/h4-7,13,15H,1-3,8-11H2/t15-/m1/s1. The quantitative estimate of drug-likeness (QED) is 0.849. The minimum Gasteiger partial charge on any atom is -0.374 e. The van der Waals surface area contributed by atoms with Gasteiger partial charge in [0.05, 0.1) is 12.7 Å². The van der Waals surface area contributed by atoms with Crippen molar-refractivity contribution in [1.82, 2.24) is 4.90 Å². The summed E-state index contributed by atoms with van der Waals surface area (Å²) in [4.78, 5) is 14.2. The number of hydrogen-bond donors (Lipinski definition) is 0. The van der Waals surface area contributed by atoms with Crippen LogP contribution in [0.15, 0.2) is 24.3 Å². The third-order valence-electron chi connectivity index (χ3n) is 4.28. The SMILES string of the molecule is O=C(C1CCC1)N1CCO[C@H](Cc2ccc(F)cc2)C1. The van der Waals surface area contributed by atoms with Crippen LogP contribution >= 0.6 is 0 Å². The van der Waals surface area contributed by atoms with Crippen molar-refractivity contribution in [3.8, 4) is 0 Å². The van der Waals surface area contributed by atoms with Crippen molar-refractivity contribution in [1.29, 1.82) is 0 Å². The number of benzene rings is 1. The Morgan fingerprint density at radius 2 is 2.05 bits per heavy atom. The van der Waals surface area contributed by atoms with Crippen LogP contribution in [0.1, 0.15) is 24.8 Å². The summed E-state index contributed by atoms with van der Waals surface area (Å²) in [5.41, 5.74) is 1.05. The minimum absolute atomic E-state index is 0.0261. The first-order valence-electron chi connectivity index (χ1n) is 7.37. The topological polar surface area (TPSA) is 29.5 Å². The molecule has 1 amide bonds. The van der Waals surface area contributed by atoms with Crippen molar-refractivity contribution in [2.75, 3.05) is 19.7 Å². The first-order valence-corrected chi connectivity index (χ1v) is 7.37. The Hall–Kier alpha value is -1.42. The molecule has 1 heterocycles. The highest BCUT2D eigenvalue weighted by Gasteiger charge is 2.32. The average molecular weight is 277 g/mol. The summed E-state index contributed by atoms with van der Waals surface area (Å²) in [7, 11) is 0. The molecule has 3 rings (SSSR count). The van der Waals surface area contributed by atoms with Crippen molar-refractivity contribution in [3.05, 3.63) is 35.6 Å². The van der Waals surface area contributed by atoms with Crippen LogP contribution in [-0.2, 0) is 16.0 Å². The summed E-state index contributed by atoms with van der Waals surface area (Å²) in [6.45, 7) is 1.96. The summed E-state index contributed by atoms with van der Waals surface area (Å²) in [5.74, 6) is 0.323. The van der Waals surface area contributed by atoms with E-state index in [0.29, 0.717) is 25.6 Å². The van der Waals surface area contributed by atoms with Gasteiger partial charge in [0.2, 0.25) is 5.91 Å². The van der Waals surface area contributed by atoms with Gasteiger partial charge >= 0.3 is 0 Å². The highest BCUT2D eigenvalue weighted by molar-refractivity contribution is 5.79. The van der Waals surface area contributed by atoms with E-state index in [4.69, 9.17) is 4.74 Å². The zero-order valence-corrected chi connectivity index (χ0v) is 11.6. The van der Waals surface area contributed by atoms with Crippen LogP contribution in [0.5, 0.6) is 0 Å². The van der Waals surface area contributed by atoms with E-state index < -0.39 is 0 Å². The van der Waals surface area contributed by atoms with Crippen LogP contribution in [0.25, 0.3) is 0 Å². The fraction of sp³-hybridized carbons (Fsp3) is 0.562. The van der Waals surface area contributed by atoms with Gasteiger partial charge in [-0.2, -0.15) is 0 Å². The molecule has 2 fully saturated rings. The van der Waals surface area contributed by atoms with Gasteiger partial charge < -0.3 is 9.64 Å². The van der Waals surface area contributed by atoms with E-state index in [1.165, 1.54) is 18.6 Å². The predicted molar refractivity (Wildman–Crippen MR) is 73.8 cm³/mol. The van der Waals surface area contributed by atoms with E-state index in [0.717, 1.165) is 24.8 Å². The van der Waals surface area contributed by atoms with Crippen molar-refractivity contribution in [2.24, 2.45) is 5.92 Å². The Balaban J connectivity index is 1.57. The lowest BCUT2D eigenvalue weighted by molar-refractivity contribution is -0.145. The van der Waals surface area contributed by atoms with Crippen LogP contribution in [0, 0.1) is 11.7 Å². The van der Waals surface area contributed by atoms with Gasteiger partial charge in [0, 0.05) is 25.4 Å². The first-order chi connectivity index (χ1) is 9.72. The maximum Gasteiger partial charge on any atom is 0.225 e. The smallest absolute Gasteiger partial charge is 0.225 e. The highest BCUT2D eigenvalue weighted by atomic mass is 19.1. The molecule has 0 N–H and O–H groups in total. The molecule has 2 aliphatic rings. The molecule has 4 heteroatoms. The largest absolute Gasteiger partial charge is 0.374 e. The maximum absolute atomic E-state index is 12.9. The van der Waals surface area contributed by atoms with Crippen molar-refractivity contribution in [3.63, 3.8) is 0 Å². The number of rotatable bonds is 3. The number of nitrogens with zero attached hydrogens (tertiary/aromatic N) is 1. The molecule has 0 spiro atoms. The molecule has 3 nitrogen and oxygen atoms in total. The number of carbonyl (C=O) groups is 1. The molecule has 1 saturated heterocycles. The van der Waals surface area contributed by atoms with E-state index in [-0.39, 0.29) is 17.8 Å². The fourth-order valence-corrected chi connectivity index (χ4v) is 2.84. The molecule has 1 atom stereocenters. The predicted octanol–water partition coefficient (Wildman–Crippen LogP) is 2.40. The molecule has 1 aromatic carbocycles. The Morgan fingerprint density at radius 3 is 2.70 bits per heavy atom. The first kappa shape index (κ1) is 13.6. The van der Waals surface area contributed by atoms with Gasteiger partial charge in [0.15, 0.2) is 0 Å². The molecular formula is C16H20FNO2. The minimum atomic E-state index is -0.222. The lowest BCUT2D eigenvalue weighted by Crippen LogP contribution is -2.49. The molecule has 0 bridgehead atoms. The number of ether oxygens (including phenoxy) is 1. The summed E-state index contributed by atoms with van der Waals surface area (Å²) < 4.78 is 18.6. The van der Waals surface area contributed by atoms with Crippen molar-refractivity contribution < 1.29 is 13.9 Å². The fourth-order valence-electron chi connectivity index (χ4n) is 2.84. The molecule has 0 unspecified atom stereocenters. The van der Waals surface area contributed by atoms with Crippen LogP contribution in [0.3, 0.4) is 0 Å². The van der Waals surface area contributed by atoms with Gasteiger partial charge in [0.1, 0.15) is 5.82 Å². The Labute approximate surface area is 118 Å². The normalized spacial score (nSPS) is 23.4. The second-order valence-electron chi connectivity index (χ2n) is 5.74. The van der Waals surface area contributed by atoms with Gasteiger partial charge in [0.25, 0.3) is 0 Å². The molecule has 20 heavy (non-hydrogen) atoms. The average Bonchev–Trinajstić information content (AvgIpc) is 2.40. The second kappa shape index (κ2) is 5.92. The van der Waals surface area contributed by atoms with E-state index in [1.54, 1.807) is 12.1 Å². The second-order valence-corrected chi connectivity index (χ2v) is 5.74. The highest BCUT2D eigenvalue weighted by Crippen LogP contribution is 2.29. The monoisotopic (exact) mass is 277 g/mol. The molecule has 0 radical (unpaired) electrons. The number of carbonyl (C=O) groups excluding carboxylic acids is 1. The molecule has 0 aromatic heterocycles. The van der Waals surface area contributed by atoms with Crippen LogP contribution in [-0.4, -0.2) is 36.6 Å². The molecule has 1 saturated carbocycles. The third-order valence-corrected chi connectivity index (χ3v) is 4.28. The zero-order valence-electron chi connectivity index (χ0n) is 11.6.